The third kappa shape index (κ3) is 5.27. The molecule has 0 N–H and O–H groups in total. The SMILES string of the molecule is CC(=O)OC1CCCC(CSCc2ccccc2)C1. The lowest BCUT2D eigenvalue weighted by atomic mass is 9.88. The van der Waals surface area contributed by atoms with Crippen molar-refractivity contribution in [2.75, 3.05) is 5.75 Å². The lowest BCUT2D eigenvalue weighted by Gasteiger charge is -2.28. The van der Waals surface area contributed by atoms with E-state index in [-0.39, 0.29) is 12.1 Å². The minimum Gasteiger partial charge on any atom is -0.463 e. The van der Waals surface area contributed by atoms with Gasteiger partial charge in [0.15, 0.2) is 0 Å². The van der Waals surface area contributed by atoms with Crippen molar-refractivity contribution < 1.29 is 9.53 Å². The van der Waals surface area contributed by atoms with E-state index in [4.69, 9.17) is 4.74 Å². The number of esters is 1. The van der Waals surface area contributed by atoms with Crippen LogP contribution in [0.4, 0.5) is 0 Å². The van der Waals surface area contributed by atoms with Crippen molar-refractivity contribution in [1.82, 2.24) is 0 Å². The van der Waals surface area contributed by atoms with E-state index in [0.717, 1.165) is 18.6 Å². The van der Waals surface area contributed by atoms with Gasteiger partial charge in [-0.1, -0.05) is 30.3 Å². The highest BCUT2D eigenvalue weighted by Crippen LogP contribution is 2.30. The maximum atomic E-state index is 11.0. The van der Waals surface area contributed by atoms with Crippen LogP contribution >= 0.6 is 11.8 Å². The average molecular weight is 278 g/mol. The molecular weight excluding hydrogens is 256 g/mol. The number of benzene rings is 1. The Kier molecular flexibility index (Phi) is 5.77. The predicted molar refractivity (Wildman–Crippen MR) is 80.1 cm³/mol. The van der Waals surface area contributed by atoms with Gasteiger partial charge in [0.05, 0.1) is 0 Å². The fourth-order valence-electron chi connectivity index (χ4n) is 2.65. The molecule has 0 aliphatic heterocycles. The number of ether oxygens (including phenoxy) is 1. The first-order valence-electron chi connectivity index (χ1n) is 7.03. The Morgan fingerprint density at radius 1 is 1.32 bits per heavy atom. The second-order valence-electron chi connectivity index (χ2n) is 5.26. The molecule has 1 aliphatic carbocycles. The maximum absolute atomic E-state index is 11.0. The van der Waals surface area contributed by atoms with E-state index in [0.29, 0.717) is 5.92 Å². The van der Waals surface area contributed by atoms with Crippen LogP contribution in [0.25, 0.3) is 0 Å². The Morgan fingerprint density at radius 2 is 2.11 bits per heavy atom. The molecule has 1 aromatic carbocycles. The first-order chi connectivity index (χ1) is 9.24. The molecule has 2 rings (SSSR count). The van der Waals surface area contributed by atoms with Crippen molar-refractivity contribution >= 4 is 17.7 Å². The molecule has 0 heterocycles. The Labute approximate surface area is 119 Å². The summed E-state index contributed by atoms with van der Waals surface area (Å²) in [6, 6.07) is 10.6. The van der Waals surface area contributed by atoms with Crippen molar-refractivity contribution in [2.24, 2.45) is 5.92 Å². The van der Waals surface area contributed by atoms with Gasteiger partial charge in [0.25, 0.3) is 0 Å². The fraction of sp³-hybridized carbons (Fsp3) is 0.562. The normalized spacial score (nSPS) is 23.0. The highest BCUT2D eigenvalue weighted by Gasteiger charge is 2.23. The van der Waals surface area contributed by atoms with Crippen LogP contribution in [0.15, 0.2) is 30.3 Å². The quantitative estimate of drug-likeness (QED) is 0.760. The van der Waals surface area contributed by atoms with E-state index in [1.165, 1.54) is 31.1 Å². The van der Waals surface area contributed by atoms with E-state index >= 15 is 0 Å². The van der Waals surface area contributed by atoms with E-state index in [9.17, 15) is 4.79 Å². The first kappa shape index (κ1) is 14.4. The molecule has 0 bridgehead atoms. The zero-order valence-electron chi connectivity index (χ0n) is 11.5. The molecule has 19 heavy (non-hydrogen) atoms. The summed E-state index contributed by atoms with van der Waals surface area (Å²) in [5, 5.41) is 0. The van der Waals surface area contributed by atoms with Crippen LogP contribution in [0.1, 0.15) is 38.2 Å². The van der Waals surface area contributed by atoms with Crippen LogP contribution in [0.2, 0.25) is 0 Å². The molecule has 0 aromatic heterocycles. The van der Waals surface area contributed by atoms with Crippen molar-refractivity contribution in [2.45, 2.75) is 44.5 Å². The van der Waals surface area contributed by atoms with Gasteiger partial charge in [-0.05, 0) is 42.9 Å². The molecule has 0 amide bonds. The maximum Gasteiger partial charge on any atom is 0.302 e. The Bertz CT molecular complexity index is 391. The molecular formula is C16H22O2S. The molecule has 1 fully saturated rings. The van der Waals surface area contributed by atoms with E-state index in [1.54, 1.807) is 0 Å². The fourth-order valence-corrected chi connectivity index (χ4v) is 3.83. The van der Waals surface area contributed by atoms with Crippen molar-refractivity contribution in [3.8, 4) is 0 Å². The molecule has 0 saturated heterocycles. The predicted octanol–water partition coefficient (Wildman–Crippen LogP) is 4.04. The summed E-state index contributed by atoms with van der Waals surface area (Å²) in [6.07, 6.45) is 4.71. The van der Waals surface area contributed by atoms with Crippen LogP contribution in [0, 0.1) is 5.92 Å². The molecule has 1 aliphatic rings. The van der Waals surface area contributed by atoms with Crippen LogP contribution in [0.5, 0.6) is 0 Å². The Hall–Kier alpha value is -0.960. The van der Waals surface area contributed by atoms with Crippen molar-refractivity contribution in [3.05, 3.63) is 35.9 Å². The van der Waals surface area contributed by atoms with E-state index < -0.39 is 0 Å². The van der Waals surface area contributed by atoms with Crippen LogP contribution in [0.3, 0.4) is 0 Å². The van der Waals surface area contributed by atoms with Gasteiger partial charge in [-0.2, -0.15) is 11.8 Å². The number of hydrogen-bond acceptors (Lipinski definition) is 3. The van der Waals surface area contributed by atoms with Crippen molar-refractivity contribution in [1.29, 1.82) is 0 Å². The number of hydrogen-bond donors (Lipinski definition) is 0. The zero-order chi connectivity index (χ0) is 13.5. The standard InChI is InChI=1S/C16H22O2S/c1-13(17)18-16-9-5-8-15(10-16)12-19-11-14-6-3-2-4-7-14/h2-4,6-7,15-16H,5,8-12H2,1H3. The van der Waals surface area contributed by atoms with Gasteiger partial charge in [-0.15, -0.1) is 0 Å². The summed E-state index contributed by atoms with van der Waals surface area (Å²) in [7, 11) is 0. The lowest BCUT2D eigenvalue weighted by Crippen LogP contribution is -2.25. The summed E-state index contributed by atoms with van der Waals surface area (Å²) in [4.78, 5) is 11.0. The Morgan fingerprint density at radius 3 is 2.84 bits per heavy atom. The third-order valence-electron chi connectivity index (χ3n) is 3.53. The number of carbonyl (C=O) groups excluding carboxylic acids is 1. The van der Waals surface area contributed by atoms with Crippen LogP contribution in [-0.4, -0.2) is 17.8 Å². The lowest BCUT2D eigenvalue weighted by molar-refractivity contribution is -0.148. The second kappa shape index (κ2) is 7.59. The summed E-state index contributed by atoms with van der Waals surface area (Å²) < 4.78 is 5.34. The van der Waals surface area contributed by atoms with Gasteiger partial charge in [-0.25, -0.2) is 0 Å². The molecule has 104 valence electrons. The molecule has 2 nitrogen and oxygen atoms in total. The summed E-state index contributed by atoms with van der Waals surface area (Å²) >= 11 is 1.99. The van der Waals surface area contributed by atoms with Gasteiger partial charge in [0.1, 0.15) is 6.10 Å². The highest BCUT2D eigenvalue weighted by molar-refractivity contribution is 7.98. The van der Waals surface area contributed by atoms with Gasteiger partial charge in [0.2, 0.25) is 0 Å². The number of thioether (sulfide) groups is 1. The highest BCUT2D eigenvalue weighted by atomic mass is 32.2. The summed E-state index contributed by atoms with van der Waals surface area (Å²) in [5.74, 6) is 2.82. The molecule has 2 atom stereocenters. The smallest absolute Gasteiger partial charge is 0.302 e. The minimum absolute atomic E-state index is 0.136. The number of carbonyl (C=O) groups is 1. The average Bonchev–Trinajstić information content (AvgIpc) is 2.40. The monoisotopic (exact) mass is 278 g/mol. The molecule has 0 spiro atoms. The molecule has 1 aromatic rings. The van der Waals surface area contributed by atoms with Gasteiger partial charge >= 0.3 is 5.97 Å². The zero-order valence-corrected chi connectivity index (χ0v) is 12.3. The molecule has 2 unspecified atom stereocenters. The minimum atomic E-state index is -0.136. The third-order valence-corrected chi connectivity index (χ3v) is 4.78. The largest absolute Gasteiger partial charge is 0.463 e. The van der Waals surface area contributed by atoms with E-state index in [1.807, 2.05) is 11.8 Å². The number of rotatable bonds is 5. The summed E-state index contributed by atoms with van der Waals surface area (Å²) in [6.45, 7) is 1.51. The van der Waals surface area contributed by atoms with Gasteiger partial charge < -0.3 is 4.74 Å². The van der Waals surface area contributed by atoms with Gasteiger partial charge in [-0.3, -0.25) is 4.79 Å². The van der Waals surface area contributed by atoms with E-state index in [2.05, 4.69) is 30.3 Å². The molecule has 3 heteroatoms. The molecule has 0 radical (unpaired) electrons. The van der Waals surface area contributed by atoms with Crippen LogP contribution in [-0.2, 0) is 15.3 Å². The topological polar surface area (TPSA) is 26.3 Å². The van der Waals surface area contributed by atoms with Crippen LogP contribution < -0.4 is 0 Å². The van der Waals surface area contributed by atoms with Crippen molar-refractivity contribution in [3.63, 3.8) is 0 Å². The molecule has 1 saturated carbocycles. The first-order valence-corrected chi connectivity index (χ1v) is 8.18. The summed E-state index contributed by atoms with van der Waals surface area (Å²) in [5.41, 5.74) is 1.39. The van der Waals surface area contributed by atoms with Gasteiger partial charge in [0, 0.05) is 12.7 Å². The second-order valence-corrected chi connectivity index (χ2v) is 6.30. The Balaban J connectivity index is 1.69.